The van der Waals surface area contributed by atoms with E-state index in [1.54, 1.807) is 77.5 Å². The fourth-order valence-electron chi connectivity index (χ4n) is 16.2. The van der Waals surface area contributed by atoms with Gasteiger partial charge in [-0.3, -0.25) is 24.5 Å². The van der Waals surface area contributed by atoms with Crippen LogP contribution in [0.5, 0.6) is 17.2 Å². The van der Waals surface area contributed by atoms with Gasteiger partial charge in [0.25, 0.3) is 0 Å². The van der Waals surface area contributed by atoms with Crippen LogP contribution in [0.1, 0.15) is 163 Å². The third-order valence-corrected chi connectivity index (χ3v) is 20.9. The summed E-state index contributed by atoms with van der Waals surface area (Å²) in [6, 6.07) is 25.8. The van der Waals surface area contributed by atoms with E-state index in [1.807, 2.05) is 104 Å². The Morgan fingerprint density at radius 2 is 0.798 bits per heavy atom. The minimum Gasteiger partial charge on any atom is -0.493 e. The molecule has 0 saturated heterocycles. The highest BCUT2D eigenvalue weighted by molar-refractivity contribution is 6.13. The van der Waals surface area contributed by atoms with Crippen LogP contribution in [-0.4, -0.2) is 84.2 Å². The number of carbonyl (C=O) groups is 3. The van der Waals surface area contributed by atoms with Gasteiger partial charge in [0.15, 0.2) is 17.7 Å². The van der Waals surface area contributed by atoms with Crippen molar-refractivity contribution >= 4 is 82.6 Å². The molecule has 0 unspecified atom stereocenters. The van der Waals surface area contributed by atoms with Crippen molar-refractivity contribution in [1.29, 1.82) is 0 Å². The Labute approximate surface area is 656 Å². The average Bonchev–Trinajstić information content (AvgIpc) is 0.734. The van der Waals surface area contributed by atoms with E-state index >= 15 is 26.3 Å². The van der Waals surface area contributed by atoms with Gasteiger partial charge in [0.2, 0.25) is 0 Å². The van der Waals surface area contributed by atoms with Crippen LogP contribution in [-0.2, 0) is 54.3 Å². The number of fused-ring (bicyclic) bond motifs is 3. The maximum Gasteiger partial charge on any atom is 0.337 e. The number of rotatable bonds is 14. The van der Waals surface area contributed by atoms with Crippen molar-refractivity contribution in [1.82, 2.24) is 24.9 Å². The van der Waals surface area contributed by atoms with Crippen LogP contribution in [0, 0.1) is 62.6 Å². The predicted octanol–water partition coefficient (Wildman–Crippen LogP) is 21.9. The maximum absolute atomic E-state index is 16.3. The Hall–Kier alpha value is -11.3. The molecule has 0 aliphatic carbocycles. The summed E-state index contributed by atoms with van der Waals surface area (Å²) in [6.45, 7) is 29.7. The van der Waals surface area contributed by atoms with Crippen LogP contribution in [0.4, 0.5) is 26.3 Å². The van der Waals surface area contributed by atoms with Gasteiger partial charge in [-0.05, 0) is 279 Å². The van der Waals surface area contributed by atoms with Crippen LogP contribution >= 0.6 is 0 Å². The lowest BCUT2D eigenvalue weighted by atomic mass is 9.84. The summed E-state index contributed by atoms with van der Waals surface area (Å²) in [6.07, 6.45) is 8.29. The Bertz CT molecular complexity index is 6120. The first-order chi connectivity index (χ1) is 54.0. The highest BCUT2D eigenvalue weighted by atomic mass is 19.2. The highest BCUT2D eigenvalue weighted by Crippen LogP contribution is 2.52. The second-order valence-electron chi connectivity index (χ2n) is 32.3. The Morgan fingerprint density at radius 3 is 1.17 bits per heavy atom. The molecule has 1 N–H and O–H groups in total. The molecule has 7 heterocycles. The van der Waals surface area contributed by atoms with Crippen molar-refractivity contribution in [3.05, 3.63) is 224 Å². The van der Waals surface area contributed by atoms with Crippen molar-refractivity contribution in [2.75, 3.05) is 19.8 Å². The first-order valence-corrected chi connectivity index (χ1v) is 38.0. The number of aromatic nitrogens is 5. The quantitative estimate of drug-likeness (QED) is 0.101. The van der Waals surface area contributed by atoms with Crippen molar-refractivity contribution in [2.45, 2.75) is 172 Å². The molecule has 13 aromatic rings. The zero-order chi connectivity index (χ0) is 81.6. The maximum atomic E-state index is 16.3. The largest absolute Gasteiger partial charge is 0.493 e. The number of carboxylic acids is 1. The molecular weight excluding hydrogens is 1460 g/mol. The zero-order valence-electron chi connectivity index (χ0n) is 66.4. The number of carbonyl (C=O) groups excluding carboxylic acids is 2. The molecular formula is C93H87F6N5O10. The second-order valence-corrected chi connectivity index (χ2v) is 32.3. The third kappa shape index (κ3) is 14.7. The number of nitrogens with zero attached hydrogens (tertiary/aromatic N) is 5. The van der Waals surface area contributed by atoms with Crippen LogP contribution in [0.3, 0.4) is 0 Å². The summed E-state index contributed by atoms with van der Waals surface area (Å²) in [5.74, 6) is -3.58. The standard InChI is InChI=1S/C33H29F2N3O3.C30H29F2NO4.C30H29F2NO3/c1-17-12-23-22(13-24(34)27(30(23)35)20-14-36-16-37-15-20)29(26(17)32(18(2)39)41-33(3,4)5)21-6-7-25-28-19(9-11-40-25)8-10-38-31(21)28;1-6-17-21(31)14-19-20(26(17)32)13-15(2)23(28(29(34)35)37-30(3,4)5)25(19)18-7-8-22-24-16(10-12-36-22)9-11-33-27(18)24;1-15-13-21-20(14-22(31)16(2)27(21)32)26(24(15)29(17(3)34)36-30(4,5)6)19-7-8-23-25-18(10-12-35-23)9-11-33-28(19)25/h6-8,10,12-16,32H,9,11H2,1-5H3;7-9,11,13-14,28H,6,10,12H2,1-5H3,(H,34,35);7-9,11,13-14,29H,10,12H2,1-6H3/t32-;28-;29-/m101/s1. The lowest BCUT2D eigenvalue weighted by Gasteiger charge is -2.30. The van der Waals surface area contributed by atoms with E-state index in [0.29, 0.717) is 144 Å². The topological polar surface area (TPSA) is 191 Å². The summed E-state index contributed by atoms with van der Waals surface area (Å²) in [5.41, 5.74) is 9.64. The molecule has 0 bridgehead atoms. The molecule has 3 atom stereocenters. The molecule has 0 amide bonds. The molecule has 16 rings (SSSR count). The first-order valence-electron chi connectivity index (χ1n) is 38.0. The number of carboxylic acid groups (broad SMARTS) is 1. The fraction of sp³-hybridized carbons (Fsp3) is 0.312. The summed E-state index contributed by atoms with van der Waals surface area (Å²) < 4.78 is 130. The monoisotopic (exact) mass is 1550 g/mol. The van der Waals surface area contributed by atoms with Crippen LogP contribution < -0.4 is 14.2 Å². The van der Waals surface area contributed by atoms with Crippen molar-refractivity contribution in [2.24, 2.45) is 0 Å². The average molecular weight is 1550 g/mol. The van der Waals surface area contributed by atoms with Crippen molar-refractivity contribution in [3.63, 3.8) is 0 Å². The summed E-state index contributed by atoms with van der Waals surface area (Å²) in [4.78, 5) is 60.7. The van der Waals surface area contributed by atoms with Gasteiger partial charge in [-0.1, -0.05) is 6.92 Å². The number of hydrogen-bond donors (Lipinski definition) is 1. The van der Waals surface area contributed by atoms with Crippen molar-refractivity contribution in [3.8, 4) is 61.8 Å². The van der Waals surface area contributed by atoms with E-state index in [1.165, 1.54) is 57.7 Å². The van der Waals surface area contributed by atoms with E-state index in [0.717, 1.165) is 45.0 Å². The smallest absolute Gasteiger partial charge is 0.337 e. The molecule has 0 fully saturated rings. The molecule has 3 aliphatic heterocycles. The van der Waals surface area contributed by atoms with Gasteiger partial charge >= 0.3 is 5.97 Å². The zero-order valence-corrected chi connectivity index (χ0v) is 66.4. The van der Waals surface area contributed by atoms with E-state index in [-0.39, 0.29) is 56.4 Å². The van der Waals surface area contributed by atoms with Crippen LogP contribution in [0.15, 0.2) is 128 Å². The minimum atomic E-state index is -1.38. The van der Waals surface area contributed by atoms with Crippen LogP contribution in [0.25, 0.3) is 110 Å². The molecule has 0 radical (unpaired) electrons. The molecule has 9 aromatic carbocycles. The SMILES string of the molecule is CC(=O)[C@@H](OC(C)(C)C)c1c(C)cc2c(F)c(-c3cncnc3)c(F)cc2c1-c1ccc2c3c(ccnc13)CCO2.CC(=O)[C@@H](OC(C)(C)C)c1c(C)cc2c(F)c(C)c(F)cc2c1-c1ccc2c3c(ccnc13)CCO2.CCc1c(F)cc2c(-c3ccc4c5c(ccnc35)CCO4)c([C@H](OC(C)(C)C)C(=O)O)c(C)cc2c1F. The Kier molecular flexibility index (Phi) is 21.3. The van der Waals surface area contributed by atoms with Gasteiger partial charge in [0, 0.05) is 122 Å². The van der Waals surface area contributed by atoms with Gasteiger partial charge < -0.3 is 33.5 Å². The minimum absolute atomic E-state index is 0.00486. The number of halogens is 6. The summed E-state index contributed by atoms with van der Waals surface area (Å²) in [7, 11) is 0. The van der Waals surface area contributed by atoms with Gasteiger partial charge in [0.05, 0.1) is 58.7 Å². The number of aliphatic carboxylic acids is 1. The summed E-state index contributed by atoms with van der Waals surface area (Å²) in [5, 5.41) is 14.5. The lowest BCUT2D eigenvalue weighted by molar-refractivity contribution is -0.160. The number of aryl methyl sites for hydroxylation is 3. The van der Waals surface area contributed by atoms with Crippen LogP contribution in [0.2, 0.25) is 0 Å². The normalized spacial score (nSPS) is 14.1. The van der Waals surface area contributed by atoms with Crippen molar-refractivity contribution < 1.29 is 74.3 Å². The van der Waals surface area contributed by atoms with E-state index in [2.05, 4.69) is 19.9 Å². The fourth-order valence-corrected chi connectivity index (χ4v) is 16.2. The molecule has 0 saturated carbocycles. The first kappa shape index (κ1) is 79.4. The molecule has 15 nitrogen and oxygen atoms in total. The number of Topliss-reactive ketones (excluding diaryl/α,β-unsaturated/α-hetero) is 2. The number of pyridine rings is 3. The molecule has 3 aliphatic rings. The van der Waals surface area contributed by atoms with E-state index in [4.69, 9.17) is 33.4 Å². The van der Waals surface area contributed by atoms with E-state index < -0.39 is 76.0 Å². The molecule has 114 heavy (non-hydrogen) atoms. The lowest BCUT2D eigenvalue weighted by Crippen LogP contribution is -2.28. The molecule has 21 heteroatoms. The van der Waals surface area contributed by atoms with Gasteiger partial charge in [-0.2, -0.15) is 0 Å². The Balaban J connectivity index is 0.000000142. The predicted molar refractivity (Wildman–Crippen MR) is 430 cm³/mol. The number of ketones is 2. The molecule has 0 spiro atoms. The Morgan fingerprint density at radius 1 is 0.447 bits per heavy atom. The highest BCUT2D eigenvalue weighted by Gasteiger charge is 2.38. The summed E-state index contributed by atoms with van der Waals surface area (Å²) >= 11 is 0. The number of ether oxygens (including phenoxy) is 6. The van der Waals surface area contributed by atoms with Gasteiger partial charge in [-0.15, -0.1) is 0 Å². The van der Waals surface area contributed by atoms with Gasteiger partial charge in [-0.25, -0.2) is 41.1 Å². The van der Waals surface area contributed by atoms with Gasteiger partial charge in [0.1, 0.15) is 70.7 Å². The molecule has 4 aromatic heterocycles. The number of benzene rings is 9. The van der Waals surface area contributed by atoms with E-state index in [9.17, 15) is 19.5 Å². The molecule has 586 valence electrons. The third-order valence-electron chi connectivity index (χ3n) is 20.9. The number of hydrogen-bond acceptors (Lipinski definition) is 14. The second kappa shape index (κ2) is 30.6.